The number of hydrogen-bond acceptors (Lipinski definition) is 5. The first-order valence-electron chi connectivity index (χ1n) is 11.7. The highest BCUT2D eigenvalue weighted by atomic mass is 32.2. The van der Waals surface area contributed by atoms with Gasteiger partial charge in [-0.2, -0.15) is 0 Å². The molecule has 0 saturated carbocycles. The molecule has 0 aliphatic heterocycles. The maximum absolute atomic E-state index is 6.24. The number of furan rings is 2. The van der Waals surface area contributed by atoms with Crippen LogP contribution in [0.1, 0.15) is 51.5 Å². The van der Waals surface area contributed by atoms with E-state index in [4.69, 9.17) is 13.8 Å². The molecule has 0 N–H and O–H groups in total. The molecule has 0 aliphatic rings. The Kier molecular flexibility index (Phi) is 5.56. The van der Waals surface area contributed by atoms with Gasteiger partial charge in [0, 0.05) is 26.8 Å². The van der Waals surface area contributed by atoms with Gasteiger partial charge in [-0.25, -0.2) is 9.97 Å². The maximum Gasteiger partial charge on any atom is 0.231 e. The van der Waals surface area contributed by atoms with Crippen LogP contribution in [0, 0.1) is 12.8 Å². The predicted molar refractivity (Wildman–Crippen MR) is 143 cm³/mol. The van der Waals surface area contributed by atoms with Crippen LogP contribution in [0.3, 0.4) is 0 Å². The molecule has 0 amide bonds. The zero-order valence-electron chi connectivity index (χ0n) is 20.7. The number of thioether (sulfide) groups is 1. The quantitative estimate of drug-likeness (QED) is 0.240. The predicted octanol–water partition coefficient (Wildman–Crippen LogP) is 8.83. The van der Waals surface area contributed by atoms with Crippen molar-refractivity contribution >= 4 is 44.8 Å². The van der Waals surface area contributed by atoms with Crippen molar-refractivity contribution < 1.29 is 8.83 Å². The first kappa shape index (κ1) is 22.7. The monoisotopic (exact) mass is 470 g/mol. The number of aryl methyl sites for hydroxylation is 1. The van der Waals surface area contributed by atoms with Gasteiger partial charge in [-0.05, 0) is 59.9 Å². The first-order chi connectivity index (χ1) is 16.2. The molecule has 34 heavy (non-hydrogen) atoms. The van der Waals surface area contributed by atoms with Crippen LogP contribution in [0.2, 0.25) is 0 Å². The van der Waals surface area contributed by atoms with Gasteiger partial charge in [0.15, 0.2) is 0 Å². The van der Waals surface area contributed by atoms with Gasteiger partial charge in [-0.1, -0.05) is 59.0 Å². The number of benzene rings is 2. The zero-order chi connectivity index (χ0) is 24.2. The second-order valence-corrected chi connectivity index (χ2v) is 11.3. The first-order valence-corrected chi connectivity index (χ1v) is 12.6. The van der Waals surface area contributed by atoms with Crippen molar-refractivity contribution in [1.29, 1.82) is 0 Å². The van der Waals surface area contributed by atoms with Crippen LogP contribution in [-0.4, -0.2) is 9.97 Å². The molecule has 0 atom stereocenters. The number of rotatable bonds is 5. The SMILES string of the molecule is C=CSc1ccc(-c2ncnc3oc4ccc5oc(C)c(CC(C)C)c5c4c23)cc1C(C)(C)C. The van der Waals surface area contributed by atoms with E-state index in [1.54, 1.807) is 18.1 Å². The van der Waals surface area contributed by atoms with E-state index in [1.165, 1.54) is 16.0 Å². The summed E-state index contributed by atoms with van der Waals surface area (Å²) in [5.74, 6) is 1.47. The van der Waals surface area contributed by atoms with Crippen molar-refractivity contribution in [3.8, 4) is 11.3 Å². The second-order valence-electron chi connectivity index (χ2n) is 10.3. The Balaban J connectivity index is 1.86. The van der Waals surface area contributed by atoms with E-state index in [0.29, 0.717) is 11.6 Å². The van der Waals surface area contributed by atoms with Gasteiger partial charge in [0.05, 0.1) is 11.1 Å². The lowest BCUT2D eigenvalue weighted by Gasteiger charge is -2.23. The van der Waals surface area contributed by atoms with E-state index in [0.717, 1.165) is 50.8 Å². The van der Waals surface area contributed by atoms with Gasteiger partial charge in [0.25, 0.3) is 0 Å². The van der Waals surface area contributed by atoms with Crippen LogP contribution in [0.25, 0.3) is 44.3 Å². The van der Waals surface area contributed by atoms with Crippen LogP contribution in [-0.2, 0) is 11.8 Å². The van der Waals surface area contributed by atoms with Crippen molar-refractivity contribution in [3.05, 3.63) is 65.5 Å². The van der Waals surface area contributed by atoms with E-state index >= 15 is 0 Å². The smallest absolute Gasteiger partial charge is 0.231 e. The number of fused-ring (bicyclic) bond motifs is 5. The number of hydrogen-bond donors (Lipinski definition) is 0. The number of nitrogens with zero attached hydrogens (tertiary/aromatic N) is 2. The fourth-order valence-corrected chi connectivity index (χ4v) is 5.61. The maximum atomic E-state index is 6.24. The fraction of sp³-hybridized carbons (Fsp3) is 0.310. The Hall–Kier alpha value is -3.05. The van der Waals surface area contributed by atoms with Crippen LogP contribution in [0.4, 0.5) is 0 Å². The summed E-state index contributed by atoms with van der Waals surface area (Å²) in [5.41, 5.74) is 6.70. The summed E-state index contributed by atoms with van der Waals surface area (Å²) >= 11 is 1.65. The Morgan fingerprint density at radius 2 is 1.74 bits per heavy atom. The molecule has 5 aromatic rings. The van der Waals surface area contributed by atoms with Crippen molar-refractivity contribution in [2.75, 3.05) is 0 Å². The Labute approximate surface area is 204 Å². The third-order valence-corrected chi connectivity index (χ3v) is 7.05. The normalized spacial score (nSPS) is 12.4. The summed E-state index contributed by atoms with van der Waals surface area (Å²) in [6, 6.07) is 10.5. The van der Waals surface area contributed by atoms with Gasteiger partial charge < -0.3 is 8.83 Å². The minimum atomic E-state index is -0.0225. The molecule has 2 aromatic carbocycles. The van der Waals surface area contributed by atoms with Crippen molar-refractivity contribution in [1.82, 2.24) is 9.97 Å². The average molecular weight is 471 g/mol. The molecule has 3 heterocycles. The highest BCUT2D eigenvalue weighted by Crippen LogP contribution is 2.43. The Morgan fingerprint density at radius 3 is 2.41 bits per heavy atom. The van der Waals surface area contributed by atoms with E-state index in [1.807, 2.05) is 17.5 Å². The summed E-state index contributed by atoms with van der Waals surface area (Å²) in [5, 5.41) is 4.98. The highest BCUT2D eigenvalue weighted by molar-refractivity contribution is 8.02. The molecule has 4 nitrogen and oxygen atoms in total. The zero-order valence-corrected chi connectivity index (χ0v) is 21.5. The van der Waals surface area contributed by atoms with Crippen LogP contribution in [0.5, 0.6) is 0 Å². The van der Waals surface area contributed by atoms with E-state index in [2.05, 4.69) is 71.3 Å². The third-order valence-electron chi connectivity index (χ3n) is 6.27. The Morgan fingerprint density at radius 1 is 1.00 bits per heavy atom. The summed E-state index contributed by atoms with van der Waals surface area (Å²) in [6.07, 6.45) is 2.53. The van der Waals surface area contributed by atoms with Crippen LogP contribution in [0.15, 0.2) is 62.4 Å². The van der Waals surface area contributed by atoms with Crippen molar-refractivity contribution in [2.24, 2.45) is 5.92 Å². The molecule has 0 saturated heterocycles. The van der Waals surface area contributed by atoms with Gasteiger partial charge in [0.1, 0.15) is 23.3 Å². The largest absolute Gasteiger partial charge is 0.461 e. The van der Waals surface area contributed by atoms with Crippen molar-refractivity contribution in [2.45, 2.75) is 58.3 Å². The average Bonchev–Trinajstić information content (AvgIpc) is 3.30. The van der Waals surface area contributed by atoms with Gasteiger partial charge in [-0.3, -0.25) is 0 Å². The molecule has 0 bridgehead atoms. The molecule has 5 rings (SSSR count). The lowest BCUT2D eigenvalue weighted by molar-refractivity contribution is 0.560. The number of aromatic nitrogens is 2. The minimum absolute atomic E-state index is 0.0225. The van der Waals surface area contributed by atoms with Gasteiger partial charge in [-0.15, -0.1) is 0 Å². The van der Waals surface area contributed by atoms with Crippen LogP contribution >= 0.6 is 11.8 Å². The van der Waals surface area contributed by atoms with Crippen molar-refractivity contribution in [3.63, 3.8) is 0 Å². The molecule has 0 aliphatic carbocycles. The molecule has 5 heteroatoms. The summed E-state index contributed by atoms with van der Waals surface area (Å²) < 4.78 is 12.4. The molecule has 0 unspecified atom stereocenters. The fourth-order valence-electron chi connectivity index (χ4n) is 4.79. The molecule has 174 valence electrons. The molecular weight excluding hydrogens is 440 g/mol. The standard InChI is InChI=1S/C29H30N2O2S/c1-8-34-23-12-9-18(14-20(23)29(5,6)7)27-26-25-22(33-28(26)31-15-30-27)11-10-21-24(25)19(13-16(2)3)17(4)32-21/h8-12,14-16H,1,13H2,2-7H3. The van der Waals surface area contributed by atoms with E-state index < -0.39 is 0 Å². The lowest BCUT2D eigenvalue weighted by atomic mass is 9.85. The lowest BCUT2D eigenvalue weighted by Crippen LogP contribution is -2.12. The van der Waals surface area contributed by atoms with E-state index in [9.17, 15) is 0 Å². The summed E-state index contributed by atoms with van der Waals surface area (Å²) in [7, 11) is 0. The third kappa shape index (κ3) is 3.72. The highest BCUT2D eigenvalue weighted by Gasteiger charge is 2.24. The van der Waals surface area contributed by atoms with Gasteiger partial charge >= 0.3 is 0 Å². The Bertz CT molecular complexity index is 1550. The summed E-state index contributed by atoms with van der Waals surface area (Å²) in [6.45, 7) is 17.1. The molecule has 0 spiro atoms. The molecule has 3 aromatic heterocycles. The second kappa shape index (κ2) is 8.31. The topological polar surface area (TPSA) is 52.1 Å². The summed E-state index contributed by atoms with van der Waals surface area (Å²) in [4.78, 5) is 10.5. The van der Waals surface area contributed by atoms with Gasteiger partial charge in [0.2, 0.25) is 5.71 Å². The van der Waals surface area contributed by atoms with E-state index in [-0.39, 0.29) is 5.41 Å². The molecule has 0 radical (unpaired) electrons. The molecular formula is C29H30N2O2S. The molecule has 0 fully saturated rings. The minimum Gasteiger partial charge on any atom is -0.461 e. The van der Waals surface area contributed by atoms with Crippen LogP contribution < -0.4 is 0 Å².